The summed E-state index contributed by atoms with van der Waals surface area (Å²) in [6.07, 6.45) is 0. The lowest BCUT2D eigenvalue weighted by Crippen LogP contribution is -2.49. The maximum Gasteiger partial charge on any atom is 0.329 e. The van der Waals surface area contributed by atoms with Crippen LogP contribution in [0.25, 0.3) is 0 Å². The molecule has 0 saturated carbocycles. The summed E-state index contributed by atoms with van der Waals surface area (Å²) in [5.41, 5.74) is -0.380. The van der Waals surface area contributed by atoms with Crippen molar-refractivity contribution in [2.45, 2.75) is 33.7 Å². The molecule has 1 atom stereocenters. The highest BCUT2D eigenvalue weighted by Gasteiger charge is 2.33. The average molecular weight is 236 g/mol. The van der Waals surface area contributed by atoms with Crippen LogP contribution in [0.15, 0.2) is 0 Å². The quantitative estimate of drug-likeness (QED) is 0.591. The molecule has 5 heteroatoms. The molecule has 88 valence electrons. The number of halogens is 1. The summed E-state index contributed by atoms with van der Waals surface area (Å²) < 4.78 is 4.90. The molecule has 0 fully saturated rings. The first-order valence-corrected chi connectivity index (χ1v) is 5.32. The predicted octanol–water partition coefficient (Wildman–Crippen LogP) is 1.32. The smallest absolute Gasteiger partial charge is 0.329 e. The van der Waals surface area contributed by atoms with Gasteiger partial charge in [0.1, 0.15) is 12.6 Å². The number of hydrogen-bond donors (Lipinski definition) is 1. The number of alkyl halides is 1. The van der Waals surface area contributed by atoms with E-state index in [9.17, 15) is 9.59 Å². The van der Waals surface area contributed by atoms with Gasteiger partial charge in [-0.3, -0.25) is 4.79 Å². The van der Waals surface area contributed by atoms with E-state index < -0.39 is 12.0 Å². The van der Waals surface area contributed by atoms with Gasteiger partial charge in [0, 0.05) is 6.92 Å². The first kappa shape index (κ1) is 14.2. The highest BCUT2D eigenvalue weighted by Crippen LogP contribution is 2.20. The Morgan fingerprint density at radius 3 is 2.27 bits per heavy atom. The lowest BCUT2D eigenvalue weighted by molar-refractivity contribution is -0.150. The third kappa shape index (κ3) is 5.62. The third-order valence-electron chi connectivity index (χ3n) is 1.77. The van der Waals surface area contributed by atoms with Gasteiger partial charge < -0.3 is 10.1 Å². The molecule has 0 aromatic rings. The van der Waals surface area contributed by atoms with E-state index in [2.05, 4.69) is 5.32 Å². The van der Waals surface area contributed by atoms with E-state index in [-0.39, 0.29) is 23.8 Å². The van der Waals surface area contributed by atoms with Crippen LogP contribution in [0, 0.1) is 5.41 Å². The van der Waals surface area contributed by atoms with Crippen molar-refractivity contribution in [3.8, 4) is 0 Å². The highest BCUT2D eigenvalue weighted by molar-refractivity contribution is 6.18. The molecule has 0 heterocycles. The normalized spacial score (nSPS) is 13.1. The van der Waals surface area contributed by atoms with Crippen molar-refractivity contribution in [2.24, 2.45) is 5.41 Å². The van der Waals surface area contributed by atoms with E-state index in [1.165, 1.54) is 6.92 Å². The van der Waals surface area contributed by atoms with Crippen LogP contribution < -0.4 is 5.32 Å². The molecule has 0 aromatic carbocycles. The topological polar surface area (TPSA) is 55.4 Å². The van der Waals surface area contributed by atoms with Crippen molar-refractivity contribution in [1.82, 2.24) is 5.32 Å². The molecule has 0 aromatic heterocycles. The third-order valence-corrected chi connectivity index (χ3v) is 1.93. The molecule has 1 N–H and O–H groups in total. The Bertz CT molecular complexity index is 235. The molecule has 0 rings (SSSR count). The second-order valence-corrected chi connectivity index (χ2v) is 4.73. The van der Waals surface area contributed by atoms with E-state index in [1.807, 2.05) is 20.8 Å². The molecular weight excluding hydrogens is 218 g/mol. The summed E-state index contributed by atoms with van der Waals surface area (Å²) in [5, 5.41) is 2.57. The highest BCUT2D eigenvalue weighted by atomic mass is 35.5. The fourth-order valence-electron chi connectivity index (χ4n) is 1.05. The lowest BCUT2D eigenvalue weighted by Gasteiger charge is -2.28. The van der Waals surface area contributed by atoms with Gasteiger partial charge in [-0.15, -0.1) is 11.6 Å². The van der Waals surface area contributed by atoms with Crippen LogP contribution >= 0.6 is 11.6 Å². The molecule has 0 aliphatic carbocycles. The summed E-state index contributed by atoms with van der Waals surface area (Å²) in [4.78, 5) is 22.5. The molecule has 0 radical (unpaired) electrons. The first-order valence-electron chi connectivity index (χ1n) is 4.78. The van der Waals surface area contributed by atoms with Gasteiger partial charge in [0.25, 0.3) is 0 Å². The lowest BCUT2D eigenvalue weighted by atomic mass is 9.87. The fourth-order valence-corrected chi connectivity index (χ4v) is 1.13. The Morgan fingerprint density at radius 2 is 1.93 bits per heavy atom. The van der Waals surface area contributed by atoms with Crippen LogP contribution in [-0.4, -0.2) is 30.4 Å². The molecule has 0 spiro atoms. The second kappa shape index (κ2) is 5.95. The van der Waals surface area contributed by atoms with Crippen molar-refractivity contribution in [2.75, 3.05) is 12.5 Å². The SMILES string of the molecule is CC(=O)N[C@@H](C(=O)OCCCl)C(C)(C)C. The van der Waals surface area contributed by atoms with Gasteiger partial charge in [0.15, 0.2) is 0 Å². The van der Waals surface area contributed by atoms with Gasteiger partial charge in [-0.1, -0.05) is 20.8 Å². The molecule has 0 saturated heterocycles. The number of rotatable bonds is 4. The molecule has 0 aliphatic heterocycles. The Kier molecular flexibility index (Phi) is 5.65. The van der Waals surface area contributed by atoms with E-state index in [0.717, 1.165) is 0 Å². The van der Waals surface area contributed by atoms with Crippen molar-refractivity contribution in [3.63, 3.8) is 0 Å². The Morgan fingerprint density at radius 1 is 1.40 bits per heavy atom. The van der Waals surface area contributed by atoms with Crippen molar-refractivity contribution >= 4 is 23.5 Å². The number of hydrogen-bond acceptors (Lipinski definition) is 3. The maximum atomic E-state index is 11.6. The van der Waals surface area contributed by atoms with Gasteiger partial charge in [-0.2, -0.15) is 0 Å². The van der Waals surface area contributed by atoms with Gasteiger partial charge in [-0.05, 0) is 5.41 Å². The number of amides is 1. The van der Waals surface area contributed by atoms with Crippen LogP contribution in [0.1, 0.15) is 27.7 Å². The van der Waals surface area contributed by atoms with E-state index in [1.54, 1.807) is 0 Å². The summed E-state index contributed by atoms with van der Waals surface area (Å²) in [5.74, 6) is -0.445. The minimum absolute atomic E-state index is 0.159. The first-order chi connectivity index (χ1) is 6.79. The molecular formula is C10H18ClNO3. The predicted molar refractivity (Wildman–Crippen MR) is 58.7 cm³/mol. The Labute approximate surface area is 95.3 Å². The van der Waals surface area contributed by atoms with Crippen molar-refractivity contribution in [1.29, 1.82) is 0 Å². The number of carbonyl (C=O) groups excluding carboxylic acids is 2. The molecule has 0 bridgehead atoms. The fraction of sp³-hybridized carbons (Fsp3) is 0.800. The Balaban J connectivity index is 4.49. The minimum atomic E-state index is -0.641. The number of carbonyl (C=O) groups is 2. The van der Waals surface area contributed by atoms with Crippen LogP contribution in [-0.2, 0) is 14.3 Å². The monoisotopic (exact) mass is 235 g/mol. The zero-order valence-electron chi connectivity index (χ0n) is 9.59. The van der Waals surface area contributed by atoms with Gasteiger partial charge >= 0.3 is 5.97 Å². The molecule has 0 aliphatic rings. The van der Waals surface area contributed by atoms with Crippen molar-refractivity contribution < 1.29 is 14.3 Å². The van der Waals surface area contributed by atoms with Crippen LogP contribution in [0.4, 0.5) is 0 Å². The zero-order valence-corrected chi connectivity index (χ0v) is 10.4. The van der Waals surface area contributed by atoms with Crippen molar-refractivity contribution in [3.05, 3.63) is 0 Å². The number of ether oxygens (including phenoxy) is 1. The summed E-state index contributed by atoms with van der Waals surface area (Å²) in [6.45, 7) is 7.10. The summed E-state index contributed by atoms with van der Waals surface area (Å²) in [6, 6.07) is -0.641. The van der Waals surface area contributed by atoms with E-state index >= 15 is 0 Å². The zero-order chi connectivity index (χ0) is 12.1. The van der Waals surface area contributed by atoms with Crippen LogP contribution in [0.2, 0.25) is 0 Å². The average Bonchev–Trinajstić information content (AvgIpc) is 2.08. The molecule has 4 nitrogen and oxygen atoms in total. The second-order valence-electron chi connectivity index (χ2n) is 4.36. The van der Waals surface area contributed by atoms with Gasteiger partial charge in [-0.25, -0.2) is 4.79 Å². The maximum absolute atomic E-state index is 11.6. The van der Waals surface area contributed by atoms with E-state index in [0.29, 0.717) is 0 Å². The standard InChI is InChI=1S/C10H18ClNO3/c1-7(13)12-8(10(2,3)4)9(14)15-6-5-11/h8H,5-6H2,1-4H3,(H,12,13)/t8-/m0/s1. The summed E-state index contributed by atoms with van der Waals surface area (Å²) in [7, 11) is 0. The summed E-state index contributed by atoms with van der Waals surface area (Å²) >= 11 is 5.41. The largest absolute Gasteiger partial charge is 0.463 e. The van der Waals surface area contributed by atoms with Gasteiger partial charge in [0.05, 0.1) is 5.88 Å². The molecule has 1 amide bonds. The molecule has 15 heavy (non-hydrogen) atoms. The van der Waals surface area contributed by atoms with Crippen LogP contribution in [0.5, 0.6) is 0 Å². The molecule has 0 unspecified atom stereocenters. The number of esters is 1. The Hall–Kier alpha value is -0.770. The minimum Gasteiger partial charge on any atom is -0.463 e. The van der Waals surface area contributed by atoms with E-state index in [4.69, 9.17) is 16.3 Å². The van der Waals surface area contributed by atoms with Crippen LogP contribution in [0.3, 0.4) is 0 Å². The number of nitrogens with one attached hydrogen (secondary N) is 1. The van der Waals surface area contributed by atoms with Gasteiger partial charge in [0.2, 0.25) is 5.91 Å².